The number of carbonyl (C=O) groups is 1. The first kappa shape index (κ1) is 17.6. The van der Waals surface area contributed by atoms with Crippen molar-refractivity contribution in [2.24, 2.45) is 7.05 Å². The van der Waals surface area contributed by atoms with E-state index in [1.807, 2.05) is 20.0 Å². The normalized spacial score (nSPS) is 18.4. The van der Waals surface area contributed by atoms with Gasteiger partial charge in [-0.2, -0.15) is 10.1 Å². The number of aryl methyl sites for hydroxylation is 3. The zero-order valence-electron chi connectivity index (χ0n) is 14.9. The van der Waals surface area contributed by atoms with Crippen LogP contribution in [0.25, 0.3) is 0 Å². The molecule has 1 aliphatic rings. The second kappa shape index (κ2) is 7.75. The van der Waals surface area contributed by atoms with E-state index < -0.39 is 0 Å². The molecule has 1 aliphatic heterocycles. The van der Waals surface area contributed by atoms with Crippen LogP contribution in [-0.2, 0) is 18.4 Å². The van der Waals surface area contributed by atoms with Crippen molar-refractivity contribution in [3.05, 3.63) is 23.5 Å². The van der Waals surface area contributed by atoms with Crippen molar-refractivity contribution in [1.29, 1.82) is 0 Å². The Morgan fingerprint density at radius 1 is 1.44 bits per heavy atom. The molecule has 0 spiro atoms. The van der Waals surface area contributed by atoms with Crippen LogP contribution in [0.5, 0.6) is 0 Å². The Bertz CT molecular complexity index is 724. The molecular formula is C16H25N7O2. The summed E-state index contributed by atoms with van der Waals surface area (Å²) >= 11 is 0. The summed E-state index contributed by atoms with van der Waals surface area (Å²) in [6.07, 6.45) is 2.14. The number of likely N-dealkylation sites (tertiary alicyclic amines) is 1. The van der Waals surface area contributed by atoms with Gasteiger partial charge in [-0.25, -0.2) is 0 Å². The maximum absolute atomic E-state index is 12.1. The number of hydrogen-bond acceptors (Lipinski definition) is 7. The van der Waals surface area contributed by atoms with Gasteiger partial charge in [-0.05, 0) is 26.3 Å². The van der Waals surface area contributed by atoms with Crippen molar-refractivity contribution in [3.8, 4) is 0 Å². The third-order valence-electron chi connectivity index (χ3n) is 4.26. The molecule has 0 unspecified atom stereocenters. The highest BCUT2D eigenvalue weighted by molar-refractivity contribution is 5.91. The minimum absolute atomic E-state index is 0.0612. The topological polar surface area (TPSA) is 101 Å². The van der Waals surface area contributed by atoms with Gasteiger partial charge in [0.1, 0.15) is 5.82 Å². The molecule has 2 aromatic rings. The van der Waals surface area contributed by atoms with Crippen LogP contribution in [0, 0.1) is 13.8 Å². The van der Waals surface area contributed by atoms with Gasteiger partial charge in [0.05, 0.1) is 18.8 Å². The van der Waals surface area contributed by atoms with E-state index in [9.17, 15) is 4.79 Å². The molecule has 0 aliphatic carbocycles. The van der Waals surface area contributed by atoms with Gasteiger partial charge in [-0.3, -0.25) is 14.4 Å². The van der Waals surface area contributed by atoms with Crippen molar-refractivity contribution in [2.75, 3.05) is 25.0 Å². The highest BCUT2D eigenvalue weighted by Gasteiger charge is 2.21. The molecule has 0 aromatic carbocycles. The molecular weight excluding hydrogens is 322 g/mol. The highest BCUT2D eigenvalue weighted by atomic mass is 16.5. The van der Waals surface area contributed by atoms with Crippen molar-refractivity contribution < 1.29 is 9.32 Å². The van der Waals surface area contributed by atoms with Gasteiger partial charge >= 0.3 is 0 Å². The van der Waals surface area contributed by atoms with Gasteiger partial charge in [0.15, 0.2) is 5.82 Å². The molecule has 1 saturated heterocycles. The fourth-order valence-electron chi connectivity index (χ4n) is 3.12. The van der Waals surface area contributed by atoms with E-state index in [-0.39, 0.29) is 18.5 Å². The summed E-state index contributed by atoms with van der Waals surface area (Å²) in [4.78, 5) is 18.7. The third kappa shape index (κ3) is 4.86. The van der Waals surface area contributed by atoms with Gasteiger partial charge in [0.25, 0.3) is 0 Å². The van der Waals surface area contributed by atoms with E-state index in [1.165, 1.54) is 0 Å². The summed E-state index contributed by atoms with van der Waals surface area (Å²) < 4.78 is 6.69. The van der Waals surface area contributed by atoms with E-state index in [4.69, 9.17) is 4.52 Å². The van der Waals surface area contributed by atoms with E-state index in [2.05, 4.69) is 30.8 Å². The first-order valence-corrected chi connectivity index (χ1v) is 8.55. The number of rotatable bonds is 6. The van der Waals surface area contributed by atoms with Crippen LogP contribution < -0.4 is 10.6 Å². The predicted molar refractivity (Wildman–Crippen MR) is 91.9 cm³/mol. The number of carbonyl (C=O) groups excluding carboxylic acids is 1. The van der Waals surface area contributed by atoms with Crippen LogP contribution in [0.15, 0.2) is 10.6 Å². The first-order chi connectivity index (χ1) is 12.0. The maximum atomic E-state index is 12.1. The monoisotopic (exact) mass is 347 g/mol. The molecule has 2 N–H and O–H groups in total. The smallest absolute Gasteiger partial charge is 0.239 e. The Labute approximate surface area is 146 Å². The molecule has 1 amide bonds. The molecule has 3 heterocycles. The Balaban J connectivity index is 1.44. The number of aromatic nitrogens is 4. The molecule has 0 saturated carbocycles. The summed E-state index contributed by atoms with van der Waals surface area (Å²) in [5.41, 5.74) is 0.880. The Morgan fingerprint density at radius 2 is 2.28 bits per heavy atom. The molecule has 3 rings (SSSR count). The highest BCUT2D eigenvalue weighted by Crippen LogP contribution is 2.13. The van der Waals surface area contributed by atoms with Gasteiger partial charge in [-0.15, -0.1) is 0 Å². The Morgan fingerprint density at radius 3 is 2.96 bits per heavy atom. The minimum Gasteiger partial charge on any atom is -0.340 e. The van der Waals surface area contributed by atoms with Crippen LogP contribution >= 0.6 is 0 Å². The third-order valence-corrected chi connectivity index (χ3v) is 4.26. The zero-order chi connectivity index (χ0) is 17.8. The lowest BCUT2D eigenvalue weighted by Crippen LogP contribution is -2.47. The predicted octanol–water partition coefficient (Wildman–Crippen LogP) is 0.613. The van der Waals surface area contributed by atoms with Crippen LogP contribution in [-0.4, -0.2) is 56.4 Å². The van der Waals surface area contributed by atoms with Crippen LogP contribution in [0.3, 0.4) is 0 Å². The van der Waals surface area contributed by atoms with Crippen molar-refractivity contribution >= 4 is 11.7 Å². The van der Waals surface area contributed by atoms with Crippen molar-refractivity contribution in [1.82, 2.24) is 30.1 Å². The van der Waals surface area contributed by atoms with E-state index in [1.54, 1.807) is 11.6 Å². The average molecular weight is 347 g/mol. The summed E-state index contributed by atoms with van der Waals surface area (Å²) in [6.45, 7) is 6.52. The molecule has 9 nitrogen and oxygen atoms in total. The molecule has 25 heavy (non-hydrogen) atoms. The van der Waals surface area contributed by atoms with Crippen molar-refractivity contribution in [3.63, 3.8) is 0 Å². The van der Waals surface area contributed by atoms with E-state index in [0.29, 0.717) is 24.1 Å². The number of piperidine rings is 1. The molecule has 0 radical (unpaired) electrons. The summed E-state index contributed by atoms with van der Waals surface area (Å²) in [6, 6.07) is 2.13. The molecule has 1 fully saturated rings. The molecule has 136 valence electrons. The molecule has 9 heteroatoms. The van der Waals surface area contributed by atoms with Crippen LogP contribution in [0.2, 0.25) is 0 Å². The van der Waals surface area contributed by atoms with Crippen LogP contribution in [0.4, 0.5) is 5.82 Å². The van der Waals surface area contributed by atoms with Gasteiger partial charge in [0.2, 0.25) is 11.8 Å². The first-order valence-electron chi connectivity index (χ1n) is 8.55. The number of anilines is 1. The largest absolute Gasteiger partial charge is 0.340 e. The second-order valence-corrected chi connectivity index (χ2v) is 6.53. The van der Waals surface area contributed by atoms with Gasteiger partial charge in [0, 0.05) is 32.6 Å². The number of amides is 1. The fourth-order valence-corrected chi connectivity index (χ4v) is 3.12. The number of nitrogens with one attached hydrogen (secondary N) is 2. The molecule has 0 bridgehead atoms. The summed E-state index contributed by atoms with van der Waals surface area (Å²) in [7, 11) is 1.81. The summed E-state index contributed by atoms with van der Waals surface area (Å²) in [5, 5.41) is 14.4. The van der Waals surface area contributed by atoms with Gasteiger partial charge in [-0.1, -0.05) is 5.16 Å². The summed E-state index contributed by atoms with van der Waals surface area (Å²) in [5.74, 6) is 1.95. The Kier molecular flexibility index (Phi) is 5.44. The maximum Gasteiger partial charge on any atom is 0.239 e. The lowest BCUT2D eigenvalue weighted by molar-refractivity contribution is -0.115. The average Bonchev–Trinajstić information content (AvgIpc) is 3.11. The van der Waals surface area contributed by atoms with E-state index in [0.717, 1.165) is 31.6 Å². The van der Waals surface area contributed by atoms with Gasteiger partial charge < -0.3 is 15.2 Å². The van der Waals surface area contributed by atoms with Crippen LogP contribution in [0.1, 0.15) is 30.3 Å². The minimum atomic E-state index is -0.0612. The number of hydrogen-bond donors (Lipinski definition) is 2. The Hall–Kier alpha value is -2.26. The fraction of sp³-hybridized carbons (Fsp3) is 0.625. The molecule has 1 atom stereocenters. The quantitative estimate of drug-likeness (QED) is 0.789. The standard InChI is InChI=1S/C16H25N7O2/c1-11-7-15(22(3)20-11)19-16(24)8-17-13-5-4-6-23(9-13)10-14-18-12(2)25-21-14/h7,13,17H,4-6,8-10H2,1-3H3,(H,19,24)/t13-/m0/s1. The number of nitrogens with zero attached hydrogens (tertiary/aromatic N) is 5. The second-order valence-electron chi connectivity index (χ2n) is 6.53. The lowest BCUT2D eigenvalue weighted by Gasteiger charge is -2.32. The van der Waals surface area contributed by atoms with Crippen molar-refractivity contribution in [2.45, 2.75) is 39.3 Å². The lowest BCUT2D eigenvalue weighted by atomic mass is 10.1. The van der Waals surface area contributed by atoms with E-state index >= 15 is 0 Å². The molecule has 2 aromatic heterocycles. The zero-order valence-corrected chi connectivity index (χ0v) is 14.9. The SMILES string of the molecule is Cc1cc(NC(=O)CN[C@H]2CCCN(Cc3noc(C)n3)C2)n(C)n1.